The number of hydrogen-bond donors (Lipinski definition) is 2. The van der Waals surface area contributed by atoms with E-state index in [2.05, 4.69) is 52.9 Å². The molecule has 3 nitrogen and oxygen atoms in total. The molecule has 0 amide bonds. The molecule has 22 heavy (non-hydrogen) atoms. The zero-order valence-electron chi connectivity index (χ0n) is 12.3. The first-order chi connectivity index (χ1) is 10.7. The van der Waals surface area contributed by atoms with Crippen LogP contribution in [0.15, 0.2) is 48.5 Å². The molecule has 112 valence electrons. The maximum Gasteiger partial charge on any atom is 0.190 e. The van der Waals surface area contributed by atoms with Crippen LogP contribution in [-0.4, -0.2) is 16.6 Å². The standard InChI is InChI=1S/C17H17N3S2/c1-12-6-2-3-7-13(12)10-11-18-16(21)20-17-19-14-8-4-5-9-15(14)22-17/h2-9H,10-11H2,1H3,(H2,18,19,20,21). The highest BCUT2D eigenvalue weighted by Crippen LogP contribution is 2.25. The van der Waals surface area contributed by atoms with Crippen molar-refractivity contribution in [1.82, 2.24) is 10.3 Å². The fraction of sp³-hybridized carbons (Fsp3) is 0.176. The Hall–Kier alpha value is -1.98. The lowest BCUT2D eigenvalue weighted by Gasteiger charge is -2.09. The van der Waals surface area contributed by atoms with Gasteiger partial charge in [-0.3, -0.25) is 0 Å². The number of aryl methyl sites for hydroxylation is 1. The Morgan fingerprint density at radius 1 is 1.14 bits per heavy atom. The van der Waals surface area contributed by atoms with Crippen molar-refractivity contribution in [2.45, 2.75) is 13.3 Å². The molecule has 0 spiro atoms. The van der Waals surface area contributed by atoms with Crippen LogP contribution < -0.4 is 10.6 Å². The van der Waals surface area contributed by atoms with Gasteiger partial charge in [-0.25, -0.2) is 4.98 Å². The number of nitrogens with zero attached hydrogens (tertiary/aromatic N) is 1. The number of hydrogen-bond acceptors (Lipinski definition) is 3. The van der Waals surface area contributed by atoms with Gasteiger partial charge in [-0.05, 0) is 48.8 Å². The molecule has 5 heteroatoms. The minimum Gasteiger partial charge on any atom is -0.362 e. The van der Waals surface area contributed by atoms with Gasteiger partial charge in [0.2, 0.25) is 0 Å². The summed E-state index contributed by atoms with van der Waals surface area (Å²) in [6.07, 6.45) is 0.953. The van der Waals surface area contributed by atoms with Crippen LogP contribution in [0, 0.1) is 6.92 Å². The molecule has 0 bridgehead atoms. The lowest BCUT2D eigenvalue weighted by Crippen LogP contribution is -2.30. The first kappa shape index (κ1) is 14.9. The number of fused-ring (bicyclic) bond motifs is 1. The number of anilines is 1. The fourth-order valence-electron chi connectivity index (χ4n) is 2.27. The van der Waals surface area contributed by atoms with Gasteiger partial charge in [0, 0.05) is 6.54 Å². The summed E-state index contributed by atoms with van der Waals surface area (Å²) < 4.78 is 1.16. The highest BCUT2D eigenvalue weighted by atomic mass is 32.1. The van der Waals surface area contributed by atoms with Gasteiger partial charge in [-0.2, -0.15) is 0 Å². The summed E-state index contributed by atoms with van der Waals surface area (Å²) in [7, 11) is 0. The molecule has 2 aromatic carbocycles. The van der Waals surface area contributed by atoms with E-state index in [0.29, 0.717) is 5.11 Å². The topological polar surface area (TPSA) is 37.0 Å². The lowest BCUT2D eigenvalue weighted by molar-refractivity contribution is 0.867. The largest absolute Gasteiger partial charge is 0.362 e. The Balaban J connectivity index is 1.53. The molecule has 1 aromatic heterocycles. The van der Waals surface area contributed by atoms with Gasteiger partial charge in [-0.1, -0.05) is 47.7 Å². The van der Waals surface area contributed by atoms with Crippen molar-refractivity contribution in [3.63, 3.8) is 0 Å². The molecule has 2 N–H and O–H groups in total. The number of aromatic nitrogens is 1. The van der Waals surface area contributed by atoms with E-state index in [1.807, 2.05) is 18.2 Å². The predicted molar refractivity (Wildman–Crippen MR) is 98.7 cm³/mol. The number of rotatable bonds is 4. The van der Waals surface area contributed by atoms with E-state index < -0.39 is 0 Å². The molecule has 0 aliphatic carbocycles. The van der Waals surface area contributed by atoms with Crippen LogP contribution >= 0.6 is 23.6 Å². The second kappa shape index (κ2) is 6.85. The summed E-state index contributed by atoms with van der Waals surface area (Å²) in [5.41, 5.74) is 3.66. The predicted octanol–water partition coefficient (Wildman–Crippen LogP) is 4.13. The average Bonchev–Trinajstić information content (AvgIpc) is 2.91. The third kappa shape index (κ3) is 3.61. The van der Waals surface area contributed by atoms with Crippen molar-refractivity contribution in [2.75, 3.05) is 11.9 Å². The van der Waals surface area contributed by atoms with E-state index in [9.17, 15) is 0 Å². The van der Waals surface area contributed by atoms with Gasteiger partial charge in [0.1, 0.15) is 0 Å². The Bertz CT molecular complexity index is 762. The smallest absolute Gasteiger partial charge is 0.190 e. The van der Waals surface area contributed by atoms with Gasteiger partial charge < -0.3 is 10.6 Å². The maximum absolute atomic E-state index is 5.33. The van der Waals surface area contributed by atoms with Crippen molar-refractivity contribution >= 4 is 44.0 Å². The molecule has 0 fully saturated rings. The average molecular weight is 327 g/mol. The molecule has 0 atom stereocenters. The highest BCUT2D eigenvalue weighted by Gasteiger charge is 2.04. The fourth-order valence-corrected chi connectivity index (χ4v) is 3.40. The molecular weight excluding hydrogens is 310 g/mol. The Labute approximate surface area is 139 Å². The summed E-state index contributed by atoms with van der Waals surface area (Å²) in [5.74, 6) is 0. The number of para-hydroxylation sites is 1. The molecule has 0 saturated heterocycles. The van der Waals surface area contributed by atoms with Crippen molar-refractivity contribution in [3.8, 4) is 0 Å². The van der Waals surface area contributed by atoms with E-state index in [4.69, 9.17) is 12.2 Å². The zero-order chi connectivity index (χ0) is 15.4. The first-order valence-corrected chi connectivity index (χ1v) is 8.40. The summed E-state index contributed by atoms with van der Waals surface area (Å²) >= 11 is 6.94. The number of benzene rings is 2. The van der Waals surface area contributed by atoms with Crippen molar-refractivity contribution < 1.29 is 0 Å². The van der Waals surface area contributed by atoms with Crippen LogP contribution in [0.4, 0.5) is 5.13 Å². The molecule has 0 saturated carbocycles. The molecule has 3 aromatic rings. The minimum absolute atomic E-state index is 0.618. The van der Waals surface area contributed by atoms with E-state index in [0.717, 1.165) is 28.3 Å². The Morgan fingerprint density at radius 2 is 1.91 bits per heavy atom. The van der Waals surface area contributed by atoms with E-state index in [1.54, 1.807) is 11.3 Å². The zero-order valence-corrected chi connectivity index (χ0v) is 13.9. The molecule has 0 radical (unpaired) electrons. The van der Waals surface area contributed by atoms with Crippen LogP contribution in [0.1, 0.15) is 11.1 Å². The van der Waals surface area contributed by atoms with Gasteiger partial charge in [0.15, 0.2) is 10.2 Å². The number of nitrogens with one attached hydrogen (secondary N) is 2. The number of thiazole rings is 1. The Morgan fingerprint density at radius 3 is 2.73 bits per heavy atom. The maximum atomic E-state index is 5.33. The highest BCUT2D eigenvalue weighted by molar-refractivity contribution is 7.80. The SMILES string of the molecule is Cc1ccccc1CCNC(=S)Nc1nc2ccccc2s1. The lowest BCUT2D eigenvalue weighted by atomic mass is 10.1. The third-order valence-corrected chi connectivity index (χ3v) is 4.65. The summed E-state index contributed by atoms with van der Waals surface area (Å²) in [5, 5.41) is 7.84. The molecule has 0 aliphatic heterocycles. The molecule has 1 heterocycles. The second-order valence-corrected chi connectivity index (χ2v) is 6.48. The third-order valence-electron chi connectivity index (χ3n) is 3.46. The van der Waals surface area contributed by atoms with E-state index in [1.165, 1.54) is 11.1 Å². The van der Waals surface area contributed by atoms with E-state index >= 15 is 0 Å². The summed E-state index contributed by atoms with van der Waals surface area (Å²) in [6.45, 7) is 2.94. The second-order valence-electron chi connectivity index (χ2n) is 5.04. The van der Waals surface area contributed by atoms with Crippen LogP contribution in [0.5, 0.6) is 0 Å². The van der Waals surface area contributed by atoms with Gasteiger partial charge in [0.25, 0.3) is 0 Å². The number of thiocarbonyl (C=S) groups is 1. The first-order valence-electron chi connectivity index (χ1n) is 7.17. The van der Waals surface area contributed by atoms with E-state index in [-0.39, 0.29) is 0 Å². The van der Waals surface area contributed by atoms with Crippen molar-refractivity contribution in [3.05, 3.63) is 59.7 Å². The minimum atomic E-state index is 0.618. The molecular formula is C17H17N3S2. The summed E-state index contributed by atoms with van der Waals surface area (Å²) in [4.78, 5) is 4.51. The quantitative estimate of drug-likeness (QED) is 0.706. The molecule has 3 rings (SSSR count). The molecule has 0 aliphatic rings. The molecule has 0 unspecified atom stereocenters. The normalized spacial score (nSPS) is 10.6. The van der Waals surface area contributed by atoms with Crippen LogP contribution in [0.2, 0.25) is 0 Å². The van der Waals surface area contributed by atoms with Gasteiger partial charge in [-0.15, -0.1) is 0 Å². The van der Waals surface area contributed by atoms with Crippen LogP contribution in [0.3, 0.4) is 0 Å². The van der Waals surface area contributed by atoms with Crippen LogP contribution in [0.25, 0.3) is 10.2 Å². The van der Waals surface area contributed by atoms with Crippen molar-refractivity contribution in [1.29, 1.82) is 0 Å². The Kier molecular flexibility index (Phi) is 4.65. The van der Waals surface area contributed by atoms with Gasteiger partial charge in [0.05, 0.1) is 10.2 Å². The summed E-state index contributed by atoms with van der Waals surface area (Å²) in [6, 6.07) is 16.5. The van der Waals surface area contributed by atoms with Crippen molar-refractivity contribution in [2.24, 2.45) is 0 Å². The van der Waals surface area contributed by atoms with Gasteiger partial charge >= 0.3 is 0 Å². The van der Waals surface area contributed by atoms with Crippen LogP contribution in [-0.2, 0) is 6.42 Å². The monoisotopic (exact) mass is 327 g/mol.